The average molecular weight is 1450 g/mol. The minimum atomic E-state index is -0.180. The fraction of sp³-hybridized carbons (Fsp3) is 0.368. The number of nitriles is 1. The maximum Gasteiger partial charge on any atom is 0.0680 e. The molecule has 0 spiro atoms. The molecule has 0 radical (unpaired) electrons. The van der Waals surface area contributed by atoms with Gasteiger partial charge >= 0.3 is 0 Å². The summed E-state index contributed by atoms with van der Waals surface area (Å²) in [4.78, 5) is 2.19. The fourth-order valence-electron chi connectivity index (χ4n) is 12.4. The highest BCUT2D eigenvalue weighted by Gasteiger charge is 2.27. The van der Waals surface area contributed by atoms with Gasteiger partial charge in [-0.1, -0.05) is 364 Å². The first-order valence-electron chi connectivity index (χ1n) is 41.3. The van der Waals surface area contributed by atoms with E-state index in [0.29, 0.717) is 16.7 Å². The van der Waals surface area contributed by atoms with Crippen LogP contribution in [0.4, 0.5) is 0 Å². The number of benzene rings is 11. The van der Waals surface area contributed by atoms with Crippen molar-refractivity contribution in [2.75, 3.05) is 14.1 Å². The Labute approximate surface area is 667 Å². The zero-order valence-electron chi connectivity index (χ0n) is 76.4. The highest BCUT2D eigenvalue weighted by molar-refractivity contribution is 6.10. The van der Waals surface area contributed by atoms with Crippen LogP contribution in [-0.4, -0.2) is 29.1 Å². The molecule has 0 amide bonds. The van der Waals surface area contributed by atoms with Crippen LogP contribution in [0.3, 0.4) is 0 Å². The second-order valence-electron chi connectivity index (χ2n) is 38.4. The van der Waals surface area contributed by atoms with Crippen LogP contribution in [0.25, 0.3) is 94.3 Å². The molecule has 109 heavy (non-hydrogen) atoms. The number of hydrogen-bond donors (Lipinski definition) is 0. The molecule has 0 atom stereocenters. The van der Waals surface area contributed by atoms with Crippen molar-refractivity contribution >= 4 is 21.8 Å². The molecule has 0 bridgehead atoms. The molecule has 0 unspecified atom stereocenters. The molecule has 0 saturated heterocycles. The molecule has 3 heteroatoms. The SMILES string of the molecule is CC(C)(C)C#N.CC(C)(C)c1ccc(-c2ccccc2)cc1.CC(C)(C)c1ccc2c(c1)-c1ccccc1-c1ccccc1-c1ccccc1-2.CC(C)(C)c1ccc2c(c1)c1cc(C(C)(C)C)ccc1n2-c1ccccc1C(C)(C)C.CC(C)C.CN(C)C(C)(C)C.[2H]c1c([2H])c([2H])c(-c2ccc(C(C)(C)C)cc2)c(C)c1[2H]. The van der Waals surface area contributed by atoms with E-state index in [2.05, 4.69) is 396 Å². The Kier molecular flexibility index (Phi) is 26.3. The van der Waals surface area contributed by atoms with Gasteiger partial charge in [-0.3, -0.25) is 0 Å². The van der Waals surface area contributed by atoms with E-state index in [4.69, 9.17) is 10.7 Å². The average Bonchev–Trinajstić information content (AvgIpc) is 1.66. The third kappa shape index (κ3) is 23.6. The minimum absolute atomic E-state index is 0.0250. The van der Waals surface area contributed by atoms with Gasteiger partial charge in [-0.25, -0.2) is 0 Å². The lowest BCUT2D eigenvalue weighted by Crippen LogP contribution is -2.34. The lowest BCUT2D eigenvalue weighted by molar-refractivity contribution is 0.219. The van der Waals surface area contributed by atoms with Crippen molar-refractivity contribution in [1.82, 2.24) is 9.47 Å². The second-order valence-corrected chi connectivity index (χ2v) is 38.4. The number of rotatable bonds is 3. The smallest absolute Gasteiger partial charge is 0.0680 e. The summed E-state index contributed by atoms with van der Waals surface area (Å²) in [6, 6.07) is 85.5. The molecule has 0 aliphatic heterocycles. The van der Waals surface area contributed by atoms with Crippen LogP contribution in [-0.2, 0) is 32.5 Å². The summed E-state index contributed by atoms with van der Waals surface area (Å²) >= 11 is 0. The Hall–Kier alpha value is -9.33. The van der Waals surface area contributed by atoms with Gasteiger partial charge < -0.3 is 9.47 Å². The van der Waals surface area contributed by atoms with Crippen molar-refractivity contribution in [2.24, 2.45) is 11.3 Å². The van der Waals surface area contributed by atoms with E-state index in [1.54, 1.807) is 6.92 Å². The summed E-state index contributed by atoms with van der Waals surface area (Å²) in [6.45, 7) is 61.1. The molecule has 13 rings (SSSR count). The van der Waals surface area contributed by atoms with Crippen LogP contribution >= 0.6 is 0 Å². The molecule has 0 N–H and O–H groups in total. The Balaban J connectivity index is 0.000000199. The van der Waals surface area contributed by atoms with Gasteiger partial charge in [0.2, 0.25) is 0 Å². The topological polar surface area (TPSA) is 32.0 Å². The Morgan fingerprint density at radius 2 is 0.624 bits per heavy atom. The van der Waals surface area contributed by atoms with Crippen molar-refractivity contribution < 1.29 is 5.48 Å². The van der Waals surface area contributed by atoms with Gasteiger partial charge in [-0.2, -0.15) is 5.26 Å². The lowest BCUT2D eigenvalue weighted by atomic mass is 9.78. The highest BCUT2D eigenvalue weighted by Crippen LogP contribution is 2.49. The largest absolute Gasteiger partial charge is 0.309 e. The molecule has 1 aliphatic carbocycles. The van der Waals surface area contributed by atoms with Crippen molar-refractivity contribution in [2.45, 2.75) is 232 Å². The Morgan fingerprint density at radius 1 is 0.330 bits per heavy atom. The van der Waals surface area contributed by atoms with Crippen LogP contribution in [0.2, 0.25) is 0 Å². The standard InChI is InChI=1S/C30H37N.C28H24.C17H20.C16H18.C6H15N.C5H9N.C4H10/c1-28(2,3)20-14-16-25-22(18-20)23-19-21(29(4,5)6)15-17-26(23)31(25)27-13-11-10-12-24(27)30(7,8)9;1-28(2,3)19-16-17-26-24-14-7-6-12-22(24)20-10-4-5-11-21(20)23-13-8-9-15-25(23)27(26)18-19;1-13-7-5-6-8-16(13)14-9-11-15(12-10-14)17(2,3)4;1-16(2,3)15-11-9-14(10-12-15)13-7-5-4-6-8-13;1-6(2,3)7(4)5;1-5(2,3)4-6;1-4(2)3/h10-19H,1-9H3;4-18H,1-3H3;5-12H,1-4H3;4-12H,1-3H3;1-5H3;1-3H3;4H,1-3H3/i;;5D,6D,7D,8D;;;;. The third-order valence-electron chi connectivity index (χ3n) is 19.7. The van der Waals surface area contributed by atoms with Crippen molar-refractivity contribution in [3.05, 3.63) is 294 Å². The van der Waals surface area contributed by atoms with E-state index in [1.807, 2.05) is 51.1 Å². The summed E-state index contributed by atoms with van der Waals surface area (Å²) in [7, 11) is 4.17. The molecule has 1 heterocycles. The first kappa shape index (κ1) is 80.7. The number of nitrogens with zero attached hydrogens (tertiary/aromatic N) is 3. The monoisotopic (exact) mass is 1450 g/mol. The summed E-state index contributed by atoms with van der Waals surface area (Å²) in [6.07, 6.45) is 0. The summed E-state index contributed by atoms with van der Waals surface area (Å²) < 4.78 is 34.0. The summed E-state index contributed by atoms with van der Waals surface area (Å²) in [5, 5.41) is 10.8. The molecule has 12 aromatic rings. The fourth-order valence-corrected chi connectivity index (χ4v) is 12.4. The van der Waals surface area contributed by atoms with E-state index < -0.39 is 0 Å². The zero-order valence-corrected chi connectivity index (χ0v) is 72.4. The van der Waals surface area contributed by atoms with E-state index in [9.17, 15) is 0 Å². The van der Waals surface area contributed by atoms with Crippen LogP contribution < -0.4 is 0 Å². The van der Waals surface area contributed by atoms with Crippen LogP contribution in [0.5, 0.6) is 0 Å². The van der Waals surface area contributed by atoms with Crippen LogP contribution in [0.15, 0.2) is 255 Å². The molecule has 0 saturated carbocycles. The second kappa shape index (κ2) is 35.6. The predicted molar refractivity (Wildman–Crippen MR) is 482 cm³/mol. The number of hydrogen-bond acceptors (Lipinski definition) is 2. The predicted octanol–water partition coefficient (Wildman–Crippen LogP) is 30.8. The first-order chi connectivity index (χ1) is 52.3. The normalized spacial score (nSPS) is 12.6. The molecule has 1 aliphatic rings. The van der Waals surface area contributed by atoms with Gasteiger partial charge in [0, 0.05) is 27.4 Å². The van der Waals surface area contributed by atoms with Crippen molar-refractivity contribution in [1.29, 1.82) is 5.26 Å². The van der Waals surface area contributed by atoms with Gasteiger partial charge in [-0.15, -0.1) is 0 Å². The molecule has 1 aromatic heterocycles. The minimum Gasteiger partial charge on any atom is -0.309 e. The van der Waals surface area contributed by atoms with E-state index in [1.165, 1.54) is 117 Å². The summed E-state index contributed by atoms with van der Waals surface area (Å²) in [5.41, 5.74) is 27.8. The first-order valence-corrected chi connectivity index (χ1v) is 39.3. The quantitative estimate of drug-likeness (QED) is 0.177. The van der Waals surface area contributed by atoms with Gasteiger partial charge in [-0.05, 0) is 243 Å². The molecule has 0 fully saturated rings. The zero-order chi connectivity index (χ0) is 84.5. The van der Waals surface area contributed by atoms with Gasteiger partial charge in [0.05, 0.1) is 22.6 Å². The van der Waals surface area contributed by atoms with Crippen molar-refractivity contribution in [3.63, 3.8) is 0 Å². The van der Waals surface area contributed by atoms with Crippen LogP contribution in [0, 0.1) is 29.6 Å². The molecular formula is C106H133N3. The van der Waals surface area contributed by atoms with Crippen LogP contribution in [0.1, 0.15) is 231 Å². The van der Waals surface area contributed by atoms with Gasteiger partial charge in [0.15, 0.2) is 0 Å². The Bertz CT molecular complexity index is 5110. The lowest BCUT2D eigenvalue weighted by Gasteiger charge is -2.27. The van der Waals surface area contributed by atoms with Gasteiger partial charge in [0.1, 0.15) is 0 Å². The number of para-hydroxylation sites is 1. The highest BCUT2D eigenvalue weighted by atomic mass is 15.1. The van der Waals surface area contributed by atoms with E-state index in [-0.39, 0.29) is 62.1 Å². The maximum atomic E-state index is 8.15. The summed E-state index contributed by atoms with van der Waals surface area (Å²) in [5.74, 6) is 0.833. The van der Waals surface area contributed by atoms with Gasteiger partial charge in [0.25, 0.3) is 0 Å². The van der Waals surface area contributed by atoms with E-state index >= 15 is 0 Å². The molecule has 3 nitrogen and oxygen atoms in total. The van der Waals surface area contributed by atoms with Crippen molar-refractivity contribution in [3.8, 4) is 78.5 Å². The number of fused-ring (bicyclic) bond motifs is 11. The number of aromatic nitrogens is 1. The molecule has 11 aromatic carbocycles. The molecule has 572 valence electrons. The Morgan fingerprint density at radius 3 is 0.982 bits per heavy atom. The third-order valence-corrected chi connectivity index (χ3v) is 19.7. The van der Waals surface area contributed by atoms with E-state index in [0.717, 1.165) is 11.5 Å². The molecular weight excluding hydrogens is 1320 g/mol. The maximum absolute atomic E-state index is 8.15.